The summed E-state index contributed by atoms with van der Waals surface area (Å²) in [5.41, 5.74) is 3.14. The predicted octanol–water partition coefficient (Wildman–Crippen LogP) is 6.25. The van der Waals surface area contributed by atoms with Crippen LogP contribution in [0.5, 0.6) is 11.5 Å². The molecule has 2 fully saturated rings. The molecular weight excluding hydrogens is 410 g/mol. The van der Waals surface area contributed by atoms with Crippen LogP contribution in [-0.2, 0) is 0 Å². The minimum absolute atomic E-state index is 0.503. The lowest BCUT2D eigenvalue weighted by atomic mass is 9.87. The Balaban J connectivity index is 1.43. The first-order valence-electron chi connectivity index (χ1n) is 12.7. The lowest BCUT2D eigenvalue weighted by Gasteiger charge is -2.29. The highest BCUT2D eigenvalue weighted by Crippen LogP contribution is 2.39. The van der Waals surface area contributed by atoms with E-state index in [9.17, 15) is 0 Å². The van der Waals surface area contributed by atoms with Crippen LogP contribution in [-0.4, -0.2) is 49.3 Å². The molecule has 1 aromatic heterocycles. The van der Waals surface area contributed by atoms with Crippen LogP contribution in [0.1, 0.15) is 51.9 Å². The summed E-state index contributed by atoms with van der Waals surface area (Å²) >= 11 is 0. The van der Waals surface area contributed by atoms with Crippen LogP contribution in [0.4, 0.5) is 5.69 Å². The molecule has 5 rings (SSSR count). The summed E-state index contributed by atoms with van der Waals surface area (Å²) in [6.45, 7) is 6.62. The molecular formula is C28H37N3O2. The zero-order chi connectivity index (χ0) is 22.6. The van der Waals surface area contributed by atoms with Gasteiger partial charge >= 0.3 is 0 Å². The van der Waals surface area contributed by atoms with Gasteiger partial charge in [-0.1, -0.05) is 25.1 Å². The Morgan fingerprint density at radius 2 is 1.76 bits per heavy atom. The molecule has 1 aliphatic carbocycles. The molecule has 176 valence electrons. The van der Waals surface area contributed by atoms with E-state index in [1.165, 1.54) is 62.7 Å². The minimum Gasteiger partial charge on any atom is -0.493 e. The number of methoxy groups -OCH3 is 1. The van der Waals surface area contributed by atoms with Crippen molar-refractivity contribution >= 4 is 27.5 Å². The van der Waals surface area contributed by atoms with E-state index in [4.69, 9.17) is 14.5 Å². The van der Waals surface area contributed by atoms with E-state index < -0.39 is 0 Å². The first-order valence-corrected chi connectivity index (χ1v) is 12.7. The zero-order valence-corrected chi connectivity index (χ0v) is 20.1. The average Bonchev–Trinajstić information content (AvgIpc) is 3.36. The third-order valence-corrected chi connectivity index (χ3v) is 7.40. The number of nitrogens with one attached hydrogen (secondary N) is 1. The molecule has 2 aliphatic rings. The number of anilines is 1. The zero-order valence-electron chi connectivity index (χ0n) is 20.1. The van der Waals surface area contributed by atoms with Crippen LogP contribution in [0.15, 0.2) is 36.4 Å². The summed E-state index contributed by atoms with van der Waals surface area (Å²) in [4.78, 5) is 7.51. The molecule has 5 heteroatoms. The van der Waals surface area contributed by atoms with Crippen LogP contribution >= 0.6 is 0 Å². The van der Waals surface area contributed by atoms with E-state index in [2.05, 4.69) is 53.5 Å². The molecule has 0 unspecified atom stereocenters. The fraction of sp³-hybridized carbons (Fsp3) is 0.536. The maximum atomic E-state index is 6.20. The van der Waals surface area contributed by atoms with Crippen LogP contribution in [0.2, 0.25) is 0 Å². The molecule has 5 nitrogen and oxygen atoms in total. The quantitative estimate of drug-likeness (QED) is 0.327. The van der Waals surface area contributed by atoms with Gasteiger partial charge in [-0.15, -0.1) is 0 Å². The highest BCUT2D eigenvalue weighted by Gasteiger charge is 2.21. The Morgan fingerprint density at radius 1 is 0.970 bits per heavy atom. The Kier molecular flexibility index (Phi) is 6.86. The van der Waals surface area contributed by atoms with Crippen molar-refractivity contribution in [3.8, 4) is 11.5 Å². The van der Waals surface area contributed by atoms with E-state index in [-0.39, 0.29) is 0 Å². The first kappa shape index (κ1) is 22.3. The minimum atomic E-state index is 0.503. The number of benzene rings is 2. The van der Waals surface area contributed by atoms with Crippen molar-refractivity contribution in [3.63, 3.8) is 0 Å². The topological polar surface area (TPSA) is 46.6 Å². The van der Waals surface area contributed by atoms with Gasteiger partial charge in [0.15, 0.2) is 11.5 Å². The monoisotopic (exact) mass is 447 g/mol. The van der Waals surface area contributed by atoms with Gasteiger partial charge in [0.05, 0.1) is 30.4 Å². The van der Waals surface area contributed by atoms with Crippen molar-refractivity contribution in [1.29, 1.82) is 0 Å². The molecule has 2 aromatic carbocycles. The molecule has 0 atom stereocenters. The number of likely N-dealkylation sites (tertiary alicyclic amines) is 1. The summed E-state index contributed by atoms with van der Waals surface area (Å²) in [5, 5.41) is 6.18. The van der Waals surface area contributed by atoms with Gasteiger partial charge in [0.25, 0.3) is 0 Å². The lowest BCUT2D eigenvalue weighted by Crippen LogP contribution is -2.25. The smallest absolute Gasteiger partial charge is 0.163 e. The standard InChI is InChI=1S/C28H37N3O2/c1-20-10-12-21(13-11-20)29-28-22-8-3-4-9-24(22)30-25-19-27(26(32-2)18-23(25)28)33-17-7-16-31-14-5-6-15-31/h3-4,8-9,18-21H,5-7,10-17H2,1-2H3,(H,29,30). The van der Waals surface area contributed by atoms with Gasteiger partial charge < -0.3 is 19.7 Å². The van der Waals surface area contributed by atoms with E-state index in [1.807, 2.05) is 0 Å². The fourth-order valence-corrected chi connectivity index (χ4v) is 5.41. The second-order valence-electron chi connectivity index (χ2n) is 9.88. The number of rotatable bonds is 8. The van der Waals surface area contributed by atoms with Crippen molar-refractivity contribution in [2.24, 2.45) is 5.92 Å². The Hall–Kier alpha value is -2.53. The summed E-state index contributed by atoms with van der Waals surface area (Å²) < 4.78 is 12.0. The maximum absolute atomic E-state index is 6.20. The average molecular weight is 448 g/mol. The first-order chi connectivity index (χ1) is 16.2. The summed E-state index contributed by atoms with van der Waals surface area (Å²) in [6.07, 6.45) is 8.70. The van der Waals surface area contributed by atoms with Crippen LogP contribution in [0.3, 0.4) is 0 Å². The molecule has 3 aromatic rings. The molecule has 1 aliphatic heterocycles. The number of fused-ring (bicyclic) bond motifs is 2. The fourth-order valence-electron chi connectivity index (χ4n) is 5.41. The van der Waals surface area contributed by atoms with E-state index in [0.29, 0.717) is 12.6 Å². The Bertz CT molecular complexity index is 1090. The molecule has 1 N–H and O–H groups in total. The van der Waals surface area contributed by atoms with Crippen LogP contribution in [0.25, 0.3) is 21.8 Å². The van der Waals surface area contributed by atoms with E-state index in [0.717, 1.165) is 46.8 Å². The predicted molar refractivity (Wildman–Crippen MR) is 137 cm³/mol. The number of ether oxygens (including phenoxy) is 2. The SMILES string of the molecule is COc1cc2c(NC3CCC(C)CC3)c3ccccc3nc2cc1OCCCN1CCCC1. The van der Waals surface area contributed by atoms with Crippen LogP contribution < -0.4 is 14.8 Å². The third-order valence-electron chi connectivity index (χ3n) is 7.40. The second kappa shape index (κ2) is 10.2. The van der Waals surface area contributed by atoms with Crippen molar-refractivity contribution in [2.45, 2.75) is 57.9 Å². The number of nitrogens with zero attached hydrogens (tertiary/aromatic N) is 2. The second-order valence-corrected chi connectivity index (χ2v) is 9.88. The highest BCUT2D eigenvalue weighted by molar-refractivity contribution is 6.08. The maximum Gasteiger partial charge on any atom is 0.163 e. The molecule has 0 spiro atoms. The molecule has 2 heterocycles. The van der Waals surface area contributed by atoms with Crippen molar-refractivity contribution in [3.05, 3.63) is 36.4 Å². The number of aromatic nitrogens is 1. The molecule has 1 saturated heterocycles. The van der Waals surface area contributed by atoms with Gasteiger partial charge in [0.1, 0.15) is 0 Å². The van der Waals surface area contributed by atoms with Gasteiger partial charge in [-0.25, -0.2) is 4.98 Å². The van der Waals surface area contributed by atoms with Gasteiger partial charge in [-0.05, 0) is 76.1 Å². The molecule has 0 amide bonds. The van der Waals surface area contributed by atoms with Crippen molar-refractivity contribution < 1.29 is 9.47 Å². The van der Waals surface area contributed by atoms with Crippen molar-refractivity contribution in [1.82, 2.24) is 9.88 Å². The van der Waals surface area contributed by atoms with E-state index in [1.54, 1.807) is 7.11 Å². The van der Waals surface area contributed by atoms with Gasteiger partial charge in [-0.2, -0.15) is 0 Å². The highest BCUT2D eigenvalue weighted by atomic mass is 16.5. The Morgan fingerprint density at radius 3 is 2.55 bits per heavy atom. The Labute approximate surface area is 197 Å². The number of para-hydroxylation sites is 1. The molecule has 33 heavy (non-hydrogen) atoms. The van der Waals surface area contributed by atoms with Gasteiger partial charge in [-0.3, -0.25) is 0 Å². The lowest BCUT2D eigenvalue weighted by molar-refractivity contribution is 0.254. The molecule has 0 radical (unpaired) electrons. The molecule has 0 bridgehead atoms. The van der Waals surface area contributed by atoms with E-state index >= 15 is 0 Å². The van der Waals surface area contributed by atoms with Gasteiger partial charge in [0, 0.05) is 29.4 Å². The normalized spacial score (nSPS) is 21.5. The molecule has 1 saturated carbocycles. The largest absolute Gasteiger partial charge is 0.493 e. The van der Waals surface area contributed by atoms with Gasteiger partial charge in [0.2, 0.25) is 0 Å². The summed E-state index contributed by atoms with van der Waals surface area (Å²) in [6, 6.07) is 13.1. The summed E-state index contributed by atoms with van der Waals surface area (Å²) in [7, 11) is 1.72. The number of hydrogen-bond donors (Lipinski definition) is 1. The van der Waals surface area contributed by atoms with Crippen molar-refractivity contribution in [2.75, 3.05) is 38.7 Å². The summed E-state index contributed by atoms with van der Waals surface area (Å²) in [5.74, 6) is 2.40. The van der Waals surface area contributed by atoms with Crippen LogP contribution in [0, 0.1) is 5.92 Å². The number of pyridine rings is 1. The number of hydrogen-bond acceptors (Lipinski definition) is 5. The third kappa shape index (κ3) is 5.03.